The van der Waals surface area contributed by atoms with Gasteiger partial charge in [0.1, 0.15) is 11.3 Å². The number of hydrogen-bond acceptors (Lipinski definition) is 5. The highest BCUT2D eigenvalue weighted by Gasteiger charge is 2.37. The van der Waals surface area contributed by atoms with Gasteiger partial charge in [-0.15, -0.1) is 0 Å². The fourth-order valence-corrected chi connectivity index (χ4v) is 3.80. The van der Waals surface area contributed by atoms with Crippen LogP contribution < -0.4 is 10.6 Å². The summed E-state index contributed by atoms with van der Waals surface area (Å²) in [6, 6.07) is 0.0494. The Hall–Kier alpha value is -2.88. The number of H-pyrrole nitrogens is 1. The summed E-state index contributed by atoms with van der Waals surface area (Å²) in [6.07, 6.45) is 3.49. The quantitative estimate of drug-likeness (QED) is 0.665. The molecule has 1 fully saturated rings. The number of aromatic nitrogens is 3. The van der Waals surface area contributed by atoms with Gasteiger partial charge >= 0.3 is 6.18 Å². The minimum atomic E-state index is -4.62. The summed E-state index contributed by atoms with van der Waals surface area (Å²) in [4.78, 5) is 25.2. The van der Waals surface area contributed by atoms with E-state index in [9.17, 15) is 18.0 Å². The number of hydrogen-bond donors (Lipinski definition) is 3. The van der Waals surface area contributed by atoms with Gasteiger partial charge < -0.3 is 20.5 Å². The van der Waals surface area contributed by atoms with Crippen molar-refractivity contribution in [3.05, 3.63) is 41.4 Å². The number of fused-ring (bicyclic) bond motifs is 1. The van der Waals surface area contributed by atoms with Crippen LogP contribution in [0.4, 0.5) is 19.1 Å². The van der Waals surface area contributed by atoms with Crippen LogP contribution in [0.5, 0.6) is 0 Å². The summed E-state index contributed by atoms with van der Waals surface area (Å²) >= 11 is 0. The number of rotatable bonds is 3. The van der Waals surface area contributed by atoms with Crippen molar-refractivity contribution < 1.29 is 18.0 Å². The molecule has 3 N–H and O–H groups in total. The highest BCUT2D eigenvalue weighted by Crippen LogP contribution is 2.38. The number of piperidine rings is 1. The number of amides is 1. The lowest BCUT2D eigenvalue weighted by atomic mass is 10.00. The minimum Gasteiger partial charge on any atom is -0.356 e. The molecule has 1 unspecified atom stereocenters. The van der Waals surface area contributed by atoms with E-state index in [2.05, 4.69) is 25.6 Å². The second-order valence-electron chi connectivity index (χ2n) is 7.56. The van der Waals surface area contributed by atoms with E-state index in [0.717, 1.165) is 25.6 Å². The number of alkyl halides is 3. The second-order valence-corrected chi connectivity index (χ2v) is 7.56. The Bertz CT molecular complexity index is 962. The maximum atomic E-state index is 13.7. The molecule has 1 saturated heterocycles. The van der Waals surface area contributed by atoms with Crippen molar-refractivity contribution in [2.75, 3.05) is 32.0 Å². The monoisotopic (exact) mass is 420 g/mol. The molecule has 0 aliphatic carbocycles. The third kappa shape index (κ3) is 4.04. The average molecular weight is 420 g/mol. The number of nitrogens with zero attached hydrogens (tertiary/aromatic N) is 3. The number of nitrogens with one attached hydrogen (secondary N) is 3. The highest BCUT2D eigenvalue weighted by atomic mass is 19.4. The number of halogens is 3. The van der Waals surface area contributed by atoms with Gasteiger partial charge in [0.25, 0.3) is 5.91 Å². The molecule has 2 aromatic heterocycles. The molecular weight excluding hydrogens is 397 g/mol. The molecule has 4 rings (SSSR count). The Labute approximate surface area is 171 Å². The van der Waals surface area contributed by atoms with Gasteiger partial charge in [-0.2, -0.15) is 13.2 Å². The number of likely N-dealkylation sites (N-methyl/N-ethyl adjacent to an activating group) is 1. The SMILES string of the molecule is CN1C/C=C\Cc2c(-c3nc(NC4CCCNC4)ncc3C(F)(F)F)c[nH]c2C1=O. The fourth-order valence-electron chi connectivity index (χ4n) is 3.80. The van der Waals surface area contributed by atoms with Crippen LogP contribution in [-0.2, 0) is 12.6 Å². The Balaban J connectivity index is 1.78. The summed E-state index contributed by atoms with van der Waals surface area (Å²) in [5, 5.41) is 6.37. The molecule has 0 aromatic carbocycles. The molecule has 0 spiro atoms. The molecule has 10 heteroatoms. The third-order valence-electron chi connectivity index (χ3n) is 5.40. The fraction of sp³-hybridized carbons (Fsp3) is 0.450. The van der Waals surface area contributed by atoms with E-state index in [-0.39, 0.29) is 34.8 Å². The Morgan fingerprint density at radius 1 is 1.30 bits per heavy atom. The van der Waals surface area contributed by atoms with E-state index in [4.69, 9.17) is 0 Å². The Morgan fingerprint density at radius 3 is 2.87 bits per heavy atom. The summed E-state index contributed by atoms with van der Waals surface area (Å²) in [5.74, 6) is -0.124. The van der Waals surface area contributed by atoms with E-state index in [1.807, 2.05) is 12.2 Å². The first-order chi connectivity index (χ1) is 14.3. The smallest absolute Gasteiger partial charge is 0.356 e. The summed E-state index contributed by atoms with van der Waals surface area (Å²) in [6.45, 7) is 2.06. The molecule has 160 valence electrons. The van der Waals surface area contributed by atoms with Gasteiger partial charge in [0, 0.05) is 44.1 Å². The number of allylic oxidation sites excluding steroid dienone is 1. The molecule has 2 aliphatic rings. The maximum absolute atomic E-state index is 13.7. The number of carbonyl (C=O) groups excluding carboxylic acids is 1. The van der Waals surface area contributed by atoms with E-state index >= 15 is 0 Å². The lowest BCUT2D eigenvalue weighted by molar-refractivity contribution is -0.137. The molecule has 30 heavy (non-hydrogen) atoms. The first kappa shape index (κ1) is 20.4. The summed E-state index contributed by atoms with van der Waals surface area (Å²) < 4.78 is 41.2. The topological polar surface area (TPSA) is 85.9 Å². The largest absolute Gasteiger partial charge is 0.419 e. The van der Waals surface area contributed by atoms with Crippen molar-refractivity contribution in [1.82, 2.24) is 25.2 Å². The van der Waals surface area contributed by atoms with E-state index in [0.29, 0.717) is 25.1 Å². The van der Waals surface area contributed by atoms with Crippen molar-refractivity contribution in [2.24, 2.45) is 0 Å². The van der Waals surface area contributed by atoms with E-state index in [1.165, 1.54) is 11.1 Å². The van der Waals surface area contributed by atoms with Crippen molar-refractivity contribution in [3.63, 3.8) is 0 Å². The van der Waals surface area contributed by atoms with Crippen molar-refractivity contribution in [2.45, 2.75) is 31.5 Å². The molecule has 4 heterocycles. The van der Waals surface area contributed by atoms with Crippen LogP contribution in [0.3, 0.4) is 0 Å². The zero-order valence-corrected chi connectivity index (χ0v) is 16.5. The lowest BCUT2D eigenvalue weighted by Crippen LogP contribution is -2.38. The number of carbonyl (C=O) groups is 1. The maximum Gasteiger partial charge on any atom is 0.419 e. The predicted octanol–water partition coefficient (Wildman–Crippen LogP) is 2.84. The molecule has 2 aromatic rings. The Morgan fingerprint density at radius 2 is 2.13 bits per heavy atom. The normalized spacial score (nSPS) is 21.0. The number of anilines is 1. The van der Waals surface area contributed by atoms with E-state index < -0.39 is 11.7 Å². The van der Waals surface area contributed by atoms with Gasteiger partial charge in [0.05, 0.1) is 5.69 Å². The van der Waals surface area contributed by atoms with Gasteiger partial charge in [0.15, 0.2) is 0 Å². The van der Waals surface area contributed by atoms with Gasteiger partial charge in [-0.3, -0.25) is 4.79 Å². The van der Waals surface area contributed by atoms with Crippen molar-refractivity contribution in [3.8, 4) is 11.3 Å². The molecule has 0 radical (unpaired) electrons. The zero-order valence-electron chi connectivity index (χ0n) is 16.5. The van der Waals surface area contributed by atoms with Gasteiger partial charge in [-0.25, -0.2) is 9.97 Å². The molecule has 0 bridgehead atoms. The molecule has 0 saturated carbocycles. The lowest BCUT2D eigenvalue weighted by Gasteiger charge is -2.24. The average Bonchev–Trinajstić information content (AvgIpc) is 3.12. The van der Waals surface area contributed by atoms with Crippen molar-refractivity contribution in [1.29, 1.82) is 0 Å². The number of aromatic amines is 1. The van der Waals surface area contributed by atoms with E-state index in [1.54, 1.807) is 7.05 Å². The van der Waals surface area contributed by atoms with Crippen LogP contribution in [0.25, 0.3) is 11.3 Å². The van der Waals surface area contributed by atoms with Crippen LogP contribution in [-0.4, -0.2) is 58.5 Å². The molecule has 1 atom stereocenters. The molecule has 2 aliphatic heterocycles. The predicted molar refractivity (Wildman–Crippen MR) is 106 cm³/mol. The standard InChI is InChI=1S/C20H23F3N6O/c1-29-8-3-2-6-13-14(10-25-17(13)18(29)30)16-15(20(21,22)23)11-26-19(28-16)27-12-5-4-7-24-9-12/h2-3,10-12,24-25H,4-9H2,1H3,(H,26,27,28)/b3-2-. The van der Waals surface area contributed by atoms with Crippen LogP contribution in [0.1, 0.15) is 34.5 Å². The van der Waals surface area contributed by atoms with Crippen LogP contribution in [0.15, 0.2) is 24.5 Å². The summed E-state index contributed by atoms with van der Waals surface area (Å²) in [5.41, 5.74) is -0.112. The van der Waals surface area contributed by atoms with Gasteiger partial charge in [-0.1, -0.05) is 12.2 Å². The zero-order chi connectivity index (χ0) is 21.3. The van der Waals surface area contributed by atoms with Crippen LogP contribution >= 0.6 is 0 Å². The Kier molecular flexibility index (Phi) is 5.50. The van der Waals surface area contributed by atoms with Gasteiger partial charge in [0.2, 0.25) is 5.95 Å². The second kappa shape index (κ2) is 8.10. The first-order valence-electron chi connectivity index (χ1n) is 9.87. The minimum absolute atomic E-state index is 0.0494. The third-order valence-corrected chi connectivity index (χ3v) is 5.40. The van der Waals surface area contributed by atoms with Gasteiger partial charge in [-0.05, 0) is 31.4 Å². The first-order valence-corrected chi connectivity index (χ1v) is 9.87. The van der Waals surface area contributed by atoms with Crippen LogP contribution in [0, 0.1) is 0 Å². The molecule has 7 nitrogen and oxygen atoms in total. The molecular formula is C20H23F3N6O. The van der Waals surface area contributed by atoms with Crippen molar-refractivity contribution >= 4 is 11.9 Å². The summed E-state index contributed by atoms with van der Waals surface area (Å²) in [7, 11) is 1.65. The highest BCUT2D eigenvalue weighted by molar-refractivity contribution is 5.96. The molecule has 1 amide bonds. The van der Waals surface area contributed by atoms with Crippen LogP contribution in [0.2, 0.25) is 0 Å².